The van der Waals surface area contributed by atoms with Crippen LogP contribution < -0.4 is 16.4 Å². The summed E-state index contributed by atoms with van der Waals surface area (Å²) >= 11 is 0. The molecule has 0 aliphatic heterocycles. The van der Waals surface area contributed by atoms with Crippen molar-refractivity contribution in [2.24, 2.45) is 5.73 Å². The summed E-state index contributed by atoms with van der Waals surface area (Å²) in [5.74, 6) is -1.61. The number of carbonyl (C=O) groups excluding carboxylic acids is 3. The Bertz CT molecular complexity index is 513. The molecule has 0 aliphatic rings. The molecule has 0 aromatic rings. The van der Waals surface area contributed by atoms with E-state index >= 15 is 0 Å². The summed E-state index contributed by atoms with van der Waals surface area (Å²) in [6.07, 6.45) is 1.34. The molecule has 0 bridgehead atoms. The van der Waals surface area contributed by atoms with Crippen LogP contribution in [0.1, 0.15) is 26.7 Å². The van der Waals surface area contributed by atoms with Crippen LogP contribution in [0.3, 0.4) is 0 Å². The third-order valence-electron chi connectivity index (χ3n) is 2.07. The van der Waals surface area contributed by atoms with Crippen LogP contribution in [-0.2, 0) is 24.5 Å². The largest absolute Gasteiger partial charge is 0.370 e. The van der Waals surface area contributed by atoms with Crippen LogP contribution in [0.4, 0.5) is 0 Å². The highest BCUT2D eigenvalue weighted by Gasteiger charge is 2.25. The van der Waals surface area contributed by atoms with Crippen molar-refractivity contribution in [3.8, 4) is 0 Å². The average molecular weight is 337 g/mol. The highest BCUT2D eigenvalue weighted by atomic mass is 32.2. The molecular weight excluding hydrogens is 314 g/mol. The quantitative estimate of drug-likeness (QED) is 0.343. The Morgan fingerprint density at radius 1 is 1.27 bits per heavy atom. The van der Waals surface area contributed by atoms with Gasteiger partial charge in [-0.15, -0.1) is 0 Å². The summed E-state index contributed by atoms with van der Waals surface area (Å²) < 4.78 is 29.5. The standard InChI is InChI=1S/C7H13NO4S.C5H10N2O2/c1-4-6(9)8-7(2,3)5-13(10,11)12;1-7-5(9)3-2-4(6)8/h4H,1,5H2,2-3H3,(H,8,9)(H,10,11,12);2-3H2,1H3,(H2,6,8)(H,7,9). The number of rotatable bonds is 7. The van der Waals surface area contributed by atoms with E-state index in [-0.39, 0.29) is 18.7 Å². The van der Waals surface area contributed by atoms with Crippen molar-refractivity contribution in [3.05, 3.63) is 12.7 Å². The van der Waals surface area contributed by atoms with E-state index in [4.69, 9.17) is 10.3 Å². The molecule has 10 heteroatoms. The lowest BCUT2D eigenvalue weighted by Gasteiger charge is -2.23. The molecule has 0 aliphatic carbocycles. The van der Waals surface area contributed by atoms with Gasteiger partial charge in [-0.2, -0.15) is 8.42 Å². The predicted octanol–water partition coefficient (Wildman–Crippen LogP) is -1.05. The van der Waals surface area contributed by atoms with E-state index in [1.165, 1.54) is 20.9 Å². The molecule has 3 amide bonds. The molecule has 0 atom stereocenters. The number of nitrogens with two attached hydrogens (primary N) is 1. The lowest BCUT2D eigenvalue weighted by molar-refractivity contribution is -0.124. The van der Waals surface area contributed by atoms with Gasteiger partial charge in [0.05, 0.1) is 11.3 Å². The maximum absolute atomic E-state index is 10.8. The van der Waals surface area contributed by atoms with Gasteiger partial charge in [-0.1, -0.05) is 6.58 Å². The molecule has 22 heavy (non-hydrogen) atoms. The average Bonchev–Trinajstić information content (AvgIpc) is 2.32. The van der Waals surface area contributed by atoms with Crippen LogP contribution in [0.5, 0.6) is 0 Å². The predicted molar refractivity (Wildman–Crippen MR) is 81.3 cm³/mol. The van der Waals surface area contributed by atoms with Gasteiger partial charge in [0.1, 0.15) is 0 Å². The number of hydrogen-bond acceptors (Lipinski definition) is 5. The summed E-state index contributed by atoms with van der Waals surface area (Å²) in [5, 5.41) is 4.74. The van der Waals surface area contributed by atoms with E-state index in [1.54, 1.807) is 0 Å². The van der Waals surface area contributed by atoms with Gasteiger partial charge >= 0.3 is 0 Å². The van der Waals surface area contributed by atoms with Gasteiger partial charge < -0.3 is 16.4 Å². The zero-order valence-electron chi connectivity index (χ0n) is 12.9. The second-order valence-corrected chi connectivity index (χ2v) is 6.40. The summed E-state index contributed by atoms with van der Waals surface area (Å²) in [7, 11) is -2.57. The Morgan fingerprint density at radius 2 is 1.77 bits per heavy atom. The maximum atomic E-state index is 10.8. The molecule has 0 aromatic heterocycles. The fourth-order valence-electron chi connectivity index (χ4n) is 1.24. The van der Waals surface area contributed by atoms with E-state index in [0.29, 0.717) is 0 Å². The number of nitrogens with one attached hydrogen (secondary N) is 2. The molecule has 0 spiro atoms. The Kier molecular flexibility index (Phi) is 10.1. The zero-order chi connectivity index (χ0) is 18.0. The van der Waals surface area contributed by atoms with Crippen molar-refractivity contribution in [2.45, 2.75) is 32.2 Å². The van der Waals surface area contributed by atoms with Crippen molar-refractivity contribution in [3.63, 3.8) is 0 Å². The van der Waals surface area contributed by atoms with Crippen molar-refractivity contribution >= 4 is 27.8 Å². The first-order chi connectivity index (χ1) is 9.83. The molecule has 0 fully saturated rings. The first-order valence-electron chi connectivity index (χ1n) is 6.21. The summed E-state index contributed by atoms with van der Waals surface area (Å²) in [6, 6.07) is 0. The molecule has 0 heterocycles. The van der Waals surface area contributed by atoms with Gasteiger partial charge in [-0.25, -0.2) is 0 Å². The minimum Gasteiger partial charge on any atom is -0.370 e. The lowest BCUT2D eigenvalue weighted by atomic mass is 10.1. The van der Waals surface area contributed by atoms with Gasteiger partial charge in [0, 0.05) is 19.9 Å². The van der Waals surface area contributed by atoms with E-state index in [9.17, 15) is 22.8 Å². The number of primary amides is 1. The number of hydrogen-bond donors (Lipinski definition) is 4. The van der Waals surface area contributed by atoms with E-state index < -0.39 is 33.2 Å². The Labute approximate surface area is 130 Å². The Morgan fingerprint density at radius 3 is 2.09 bits per heavy atom. The van der Waals surface area contributed by atoms with Crippen LogP contribution in [-0.4, -0.2) is 49.0 Å². The molecule has 0 radical (unpaired) electrons. The van der Waals surface area contributed by atoms with Gasteiger partial charge in [0.2, 0.25) is 17.7 Å². The molecule has 0 saturated carbocycles. The normalized spacial score (nSPS) is 10.7. The molecule has 9 nitrogen and oxygen atoms in total. The molecular formula is C12H23N3O6S. The third kappa shape index (κ3) is 16.1. The minimum absolute atomic E-state index is 0.125. The van der Waals surface area contributed by atoms with Crippen molar-refractivity contribution in [1.29, 1.82) is 0 Å². The van der Waals surface area contributed by atoms with Gasteiger partial charge in [-0.3, -0.25) is 18.9 Å². The van der Waals surface area contributed by atoms with Crippen molar-refractivity contribution < 1.29 is 27.4 Å². The molecule has 0 unspecified atom stereocenters. The summed E-state index contributed by atoms with van der Waals surface area (Å²) in [5.41, 5.74) is 3.78. The van der Waals surface area contributed by atoms with E-state index in [0.717, 1.165) is 6.08 Å². The first kappa shape index (κ1) is 22.3. The van der Waals surface area contributed by atoms with Gasteiger partial charge in [-0.05, 0) is 19.9 Å². The SMILES string of the molecule is C=CC(=O)NC(C)(C)CS(=O)(=O)O.CNC(=O)CCC(N)=O. The van der Waals surface area contributed by atoms with Gasteiger partial charge in [0.25, 0.3) is 10.1 Å². The maximum Gasteiger partial charge on any atom is 0.267 e. The second kappa shape index (κ2) is 9.90. The van der Waals surface area contributed by atoms with E-state index in [2.05, 4.69) is 17.2 Å². The first-order valence-corrected chi connectivity index (χ1v) is 7.82. The summed E-state index contributed by atoms with van der Waals surface area (Å²) in [4.78, 5) is 31.3. The molecule has 128 valence electrons. The Hall–Kier alpha value is -1.94. The summed E-state index contributed by atoms with van der Waals surface area (Å²) in [6.45, 7) is 6.19. The molecule has 0 rings (SSSR count). The zero-order valence-corrected chi connectivity index (χ0v) is 13.7. The molecule has 5 N–H and O–H groups in total. The lowest BCUT2D eigenvalue weighted by Crippen LogP contribution is -2.47. The molecule has 0 saturated heterocycles. The van der Waals surface area contributed by atoms with Crippen LogP contribution in [0.25, 0.3) is 0 Å². The number of amides is 3. The van der Waals surface area contributed by atoms with Crippen molar-refractivity contribution in [1.82, 2.24) is 10.6 Å². The number of carbonyl (C=O) groups is 3. The topological polar surface area (TPSA) is 156 Å². The van der Waals surface area contributed by atoms with E-state index in [1.807, 2.05) is 0 Å². The smallest absolute Gasteiger partial charge is 0.267 e. The second-order valence-electron chi connectivity index (χ2n) is 4.94. The fraction of sp³-hybridized carbons (Fsp3) is 0.583. The fourth-order valence-corrected chi connectivity index (χ4v) is 2.22. The monoisotopic (exact) mass is 337 g/mol. The van der Waals surface area contributed by atoms with Crippen molar-refractivity contribution in [2.75, 3.05) is 12.8 Å². The van der Waals surface area contributed by atoms with Crippen LogP contribution >= 0.6 is 0 Å². The van der Waals surface area contributed by atoms with Crippen LogP contribution in [0, 0.1) is 0 Å². The highest BCUT2D eigenvalue weighted by Crippen LogP contribution is 2.05. The van der Waals surface area contributed by atoms with Crippen LogP contribution in [0.15, 0.2) is 12.7 Å². The van der Waals surface area contributed by atoms with Crippen LogP contribution in [0.2, 0.25) is 0 Å². The minimum atomic E-state index is -4.08. The van der Waals surface area contributed by atoms with Gasteiger partial charge in [0.15, 0.2) is 0 Å². The Balaban J connectivity index is 0. The highest BCUT2D eigenvalue weighted by molar-refractivity contribution is 7.85. The molecule has 0 aromatic carbocycles. The third-order valence-corrected chi connectivity index (χ3v) is 3.15.